The first kappa shape index (κ1) is 25.3. The molecule has 1 unspecified atom stereocenters. The Kier molecular flexibility index (Phi) is 7.56. The van der Waals surface area contributed by atoms with Crippen LogP contribution >= 0.6 is 23.2 Å². The maximum absolute atomic E-state index is 13.0. The number of benzene rings is 2. The molecule has 1 saturated heterocycles. The van der Waals surface area contributed by atoms with Crippen LogP contribution in [0.15, 0.2) is 53.1 Å². The van der Waals surface area contributed by atoms with Gasteiger partial charge in [-0.3, -0.25) is 0 Å². The highest BCUT2D eigenvalue weighted by Crippen LogP contribution is 2.38. The van der Waals surface area contributed by atoms with Crippen LogP contribution in [-0.2, 0) is 24.6 Å². The first-order chi connectivity index (χ1) is 16.7. The van der Waals surface area contributed by atoms with Gasteiger partial charge in [0, 0.05) is 31.5 Å². The first-order valence-electron chi connectivity index (χ1n) is 11.1. The summed E-state index contributed by atoms with van der Waals surface area (Å²) in [6.45, 7) is 1.27. The van der Waals surface area contributed by atoms with Gasteiger partial charge in [0.1, 0.15) is 0 Å². The molecule has 0 radical (unpaired) electrons. The number of aromatic nitrogens is 2. The van der Waals surface area contributed by atoms with Crippen LogP contribution in [0.25, 0.3) is 0 Å². The van der Waals surface area contributed by atoms with E-state index < -0.39 is 17.5 Å². The Morgan fingerprint density at radius 1 is 1.14 bits per heavy atom. The van der Waals surface area contributed by atoms with Gasteiger partial charge in [-0.2, -0.15) is 18.2 Å². The van der Waals surface area contributed by atoms with Crippen molar-refractivity contribution in [3.05, 3.63) is 81.4 Å². The van der Waals surface area contributed by atoms with Crippen molar-refractivity contribution in [1.82, 2.24) is 20.4 Å². The summed E-state index contributed by atoms with van der Waals surface area (Å²) in [5.74, 6) is -1.36. The van der Waals surface area contributed by atoms with E-state index in [1.165, 1.54) is 0 Å². The smallest absolute Gasteiger partial charge is 0.334 e. The normalized spacial score (nSPS) is 18.5. The number of halogens is 5. The molecular weight excluding hydrogens is 504 g/mol. The van der Waals surface area contributed by atoms with E-state index in [0.29, 0.717) is 29.6 Å². The van der Waals surface area contributed by atoms with Gasteiger partial charge >= 0.3 is 18.1 Å². The largest absolute Gasteiger partial charge is 0.471 e. The maximum Gasteiger partial charge on any atom is 0.471 e. The molecule has 11 heteroatoms. The maximum atomic E-state index is 13.0. The Morgan fingerprint density at radius 2 is 1.91 bits per heavy atom. The Labute approximate surface area is 210 Å². The second kappa shape index (κ2) is 10.5. The van der Waals surface area contributed by atoms with E-state index in [2.05, 4.69) is 20.0 Å². The Morgan fingerprint density at radius 3 is 2.60 bits per heavy atom. The van der Waals surface area contributed by atoms with Gasteiger partial charge in [0.25, 0.3) is 0 Å². The highest BCUT2D eigenvalue weighted by molar-refractivity contribution is 6.42. The van der Waals surface area contributed by atoms with Crippen molar-refractivity contribution in [2.24, 2.45) is 0 Å². The van der Waals surface area contributed by atoms with Gasteiger partial charge in [-0.25, -0.2) is 4.79 Å². The van der Waals surface area contributed by atoms with Crippen LogP contribution < -0.4 is 5.32 Å². The summed E-state index contributed by atoms with van der Waals surface area (Å²) in [5.41, 5.74) is 1.37. The number of alkyl halides is 3. The molecule has 2 heterocycles. The zero-order chi connectivity index (χ0) is 25.1. The monoisotopic (exact) mass is 526 g/mol. The fourth-order valence-corrected chi connectivity index (χ4v) is 4.76. The third kappa shape index (κ3) is 6.08. The lowest BCUT2D eigenvalue weighted by Crippen LogP contribution is -2.51. The van der Waals surface area contributed by atoms with Gasteiger partial charge in [0.15, 0.2) is 5.82 Å². The van der Waals surface area contributed by atoms with Crippen molar-refractivity contribution < 1.29 is 22.5 Å². The van der Waals surface area contributed by atoms with E-state index in [0.717, 1.165) is 24.0 Å². The predicted molar refractivity (Wildman–Crippen MR) is 125 cm³/mol. The lowest BCUT2D eigenvalue weighted by Gasteiger charge is -2.43. The molecule has 3 aromatic rings. The van der Waals surface area contributed by atoms with Gasteiger partial charge in [-0.1, -0.05) is 64.8 Å². The van der Waals surface area contributed by atoms with Crippen molar-refractivity contribution >= 4 is 29.2 Å². The van der Waals surface area contributed by atoms with Crippen LogP contribution in [0.4, 0.5) is 18.0 Å². The number of urea groups is 1. The van der Waals surface area contributed by atoms with E-state index in [4.69, 9.17) is 23.2 Å². The summed E-state index contributed by atoms with van der Waals surface area (Å²) >= 11 is 12.0. The number of hydrogen-bond donors (Lipinski definition) is 1. The van der Waals surface area contributed by atoms with E-state index in [1.54, 1.807) is 23.1 Å². The quantitative estimate of drug-likeness (QED) is 0.410. The zero-order valence-corrected chi connectivity index (χ0v) is 20.1. The first-order valence-corrected chi connectivity index (χ1v) is 11.8. The highest BCUT2D eigenvalue weighted by atomic mass is 35.5. The molecular formula is C24H23Cl2F3N4O2. The minimum absolute atomic E-state index is 0.00572. The molecule has 0 saturated carbocycles. The average Bonchev–Trinajstić information content (AvgIpc) is 3.34. The Hall–Kier alpha value is -2.78. The van der Waals surface area contributed by atoms with Crippen LogP contribution in [-0.4, -0.2) is 34.2 Å². The van der Waals surface area contributed by atoms with Gasteiger partial charge in [0.2, 0.25) is 0 Å². The number of aryl methyl sites for hydroxylation is 1. The summed E-state index contributed by atoms with van der Waals surface area (Å²) in [6, 6.07) is 14.6. The highest BCUT2D eigenvalue weighted by Gasteiger charge is 2.40. The Balaban J connectivity index is 1.48. The third-order valence-corrected chi connectivity index (χ3v) is 6.95. The van der Waals surface area contributed by atoms with Gasteiger partial charge in [0.05, 0.1) is 10.0 Å². The Bertz CT molecular complexity index is 1170. The van der Waals surface area contributed by atoms with Crippen LogP contribution in [0, 0.1) is 0 Å². The van der Waals surface area contributed by atoms with Crippen LogP contribution in [0.2, 0.25) is 10.0 Å². The molecule has 0 bridgehead atoms. The molecule has 1 aromatic heterocycles. The molecule has 0 spiro atoms. The topological polar surface area (TPSA) is 71.3 Å². The molecule has 6 nitrogen and oxygen atoms in total. The zero-order valence-electron chi connectivity index (χ0n) is 18.6. The lowest BCUT2D eigenvalue weighted by atomic mass is 9.71. The number of likely N-dealkylation sites (tertiary alicyclic amines) is 1. The van der Waals surface area contributed by atoms with E-state index in [-0.39, 0.29) is 24.8 Å². The summed E-state index contributed by atoms with van der Waals surface area (Å²) in [5, 5.41) is 7.27. The van der Waals surface area contributed by atoms with Gasteiger partial charge < -0.3 is 14.7 Å². The van der Waals surface area contributed by atoms with Crippen molar-refractivity contribution in [1.29, 1.82) is 0 Å². The molecule has 0 aliphatic carbocycles. The second-order valence-electron chi connectivity index (χ2n) is 8.59. The van der Waals surface area contributed by atoms with Crippen molar-refractivity contribution in [2.75, 3.05) is 13.1 Å². The molecule has 1 fully saturated rings. The van der Waals surface area contributed by atoms with Crippen molar-refractivity contribution in [3.8, 4) is 0 Å². The van der Waals surface area contributed by atoms with E-state index in [9.17, 15) is 18.0 Å². The number of rotatable bonds is 6. The summed E-state index contributed by atoms with van der Waals surface area (Å²) in [4.78, 5) is 18.3. The molecule has 2 amide bonds. The molecule has 1 aliphatic heterocycles. The molecule has 2 aromatic carbocycles. The average molecular weight is 527 g/mol. The van der Waals surface area contributed by atoms with Crippen LogP contribution in [0.1, 0.15) is 42.1 Å². The molecule has 1 N–H and O–H groups in total. The van der Waals surface area contributed by atoms with Crippen LogP contribution in [0.3, 0.4) is 0 Å². The fraction of sp³-hybridized carbons (Fsp3) is 0.375. The summed E-state index contributed by atoms with van der Waals surface area (Å²) in [7, 11) is 0. The van der Waals surface area contributed by atoms with Gasteiger partial charge in [-0.05, 0) is 42.5 Å². The van der Waals surface area contributed by atoms with Crippen LogP contribution in [0.5, 0.6) is 0 Å². The summed E-state index contributed by atoms with van der Waals surface area (Å²) in [6.07, 6.45) is -2.51. The van der Waals surface area contributed by atoms with Crippen molar-refractivity contribution in [2.45, 2.75) is 43.8 Å². The SMILES string of the molecule is O=C(NCc1ccc(Cl)c(Cl)c1)N1CCCC(CCc2noc(C(F)(F)F)n2)(c2ccccc2)C1. The van der Waals surface area contributed by atoms with E-state index in [1.807, 2.05) is 30.3 Å². The number of hydrogen-bond acceptors (Lipinski definition) is 4. The minimum atomic E-state index is -4.68. The number of carbonyl (C=O) groups is 1. The molecule has 1 aliphatic rings. The number of carbonyl (C=O) groups excluding carboxylic acids is 1. The number of amides is 2. The number of nitrogens with one attached hydrogen (secondary N) is 1. The van der Waals surface area contributed by atoms with Gasteiger partial charge in [-0.15, -0.1) is 0 Å². The molecule has 4 rings (SSSR count). The fourth-order valence-electron chi connectivity index (χ4n) is 4.44. The molecule has 186 valence electrons. The van der Waals surface area contributed by atoms with E-state index >= 15 is 0 Å². The lowest BCUT2D eigenvalue weighted by molar-refractivity contribution is -0.159. The predicted octanol–water partition coefficient (Wildman–Crippen LogP) is 6.27. The minimum Gasteiger partial charge on any atom is -0.334 e. The number of nitrogens with zero attached hydrogens (tertiary/aromatic N) is 3. The second-order valence-corrected chi connectivity index (χ2v) is 9.41. The number of piperidine rings is 1. The molecule has 35 heavy (non-hydrogen) atoms. The third-order valence-electron chi connectivity index (χ3n) is 6.22. The van der Waals surface area contributed by atoms with Crippen molar-refractivity contribution in [3.63, 3.8) is 0 Å². The molecule has 1 atom stereocenters. The summed E-state index contributed by atoms with van der Waals surface area (Å²) < 4.78 is 42.9. The standard InChI is InChI=1S/C24H23Cl2F3N4O2/c25-18-8-7-16(13-19(18)26)14-30-22(34)33-12-4-10-23(15-33,17-5-2-1-3-6-17)11-9-20-31-21(35-32-20)24(27,28)29/h1-3,5-8,13H,4,9-12,14-15H2,(H,30,34).